The lowest BCUT2D eigenvalue weighted by atomic mass is 9.73. The van der Waals surface area contributed by atoms with Crippen LogP contribution in [0.5, 0.6) is 0 Å². The van der Waals surface area contributed by atoms with Crippen LogP contribution in [0.1, 0.15) is 49.7 Å². The average Bonchev–Trinajstić information content (AvgIpc) is 3.34. The minimum Gasteiger partial charge on any atom is -0.329 e. The number of likely N-dealkylation sites (N-methyl/N-ethyl adjacent to an activating group) is 1. The summed E-state index contributed by atoms with van der Waals surface area (Å²) >= 11 is 0. The summed E-state index contributed by atoms with van der Waals surface area (Å²) in [6, 6.07) is 8.95. The molecule has 0 radical (unpaired) electrons. The van der Waals surface area contributed by atoms with E-state index >= 15 is 0 Å². The Morgan fingerprint density at radius 2 is 1.86 bits per heavy atom. The average molecular weight is 286 g/mol. The van der Waals surface area contributed by atoms with Crippen LogP contribution in [0, 0.1) is 18.8 Å². The van der Waals surface area contributed by atoms with Gasteiger partial charge in [0, 0.05) is 18.6 Å². The normalized spacial score (nSPS) is 29.8. The molecule has 0 saturated heterocycles. The first-order chi connectivity index (χ1) is 10.1. The van der Waals surface area contributed by atoms with Crippen molar-refractivity contribution in [3.63, 3.8) is 0 Å². The van der Waals surface area contributed by atoms with E-state index < -0.39 is 0 Å². The molecule has 2 saturated carbocycles. The predicted octanol–water partition coefficient (Wildman–Crippen LogP) is 3.72. The van der Waals surface area contributed by atoms with Crippen molar-refractivity contribution in [1.82, 2.24) is 4.90 Å². The Labute approximate surface area is 129 Å². The van der Waals surface area contributed by atoms with Gasteiger partial charge in [-0.1, -0.05) is 42.7 Å². The zero-order chi connectivity index (χ0) is 14.9. The molecule has 2 fully saturated rings. The first-order valence-electron chi connectivity index (χ1n) is 8.60. The molecule has 0 aliphatic heterocycles. The number of nitrogens with zero attached hydrogens (tertiary/aromatic N) is 1. The first kappa shape index (κ1) is 15.1. The maximum atomic E-state index is 6.26. The highest BCUT2D eigenvalue weighted by Crippen LogP contribution is 2.47. The fourth-order valence-corrected chi connectivity index (χ4v) is 4.18. The lowest BCUT2D eigenvalue weighted by Crippen LogP contribution is -2.54. The van der Waals surface area contributed by atoms with E-state index in [4.69, 9.17) is 5.73 Å². The monoisotopic (exact) mass is 286 g/mol. The van der Waals surface area contributed by atoms with E-state index in [-0.39, 0.29) is 5.54 Å². The van der Waals surface area contributed by atoms with Crippen LogP contribution in [0.4, 0.5) is 0 Å². The zero-order valence-electron chi connectivity index (χ0n) is 13.6. The largest absolute Gasteiger partial charge is 0.329 e. The molecular weight excluding hydrogens is 256 g/mol. The Kier molecular flexibility index (Phi) is 4.37. The van der Waals surface area contributed by atoms with Gasteiger partial charge in [0.05, 0.1) is 0 Å². The lowest BCUT2D eigenvalue weighted by molar-refractivity contribution is 0.0459. The Hall–Kier alpha value is -0.860. The molecule has 1 aromatic rings. The molecule has 2 N–H and O–H groups in total. The highest BCUT2D eigenvalue weighted by molar-refractivity contribution is 5.21. The molecule has 0 spiro atoms. The van der Waals surface area contributed by atoms with Gasteiger partial charge in [-0.15, -0.1) is 0 Å². The molecule has 2 atom stereocenters. The predicted molar refractivity (Wildman–Crippen MR) is 89.1 cm³/mol. The van der Waals surface area contributed by atoms with Gasteiger partial charge < -0.3 is 5.73 Å². The molecule has 2 aliphatic carbocycles. The Balaban J connectivity index is 1.69. The van der Waals surface area contributed by atoms with E-state index in [1.165, 1.54) is 49.7 Å². The molecule has 116 valence electrons. The smallest absolute Gasteiger partial charge is 0.0334 e. The minimum atomic E-state index is 0.233. The number of nitrogens with two attached hydrogens (primary N) is 1. The summed E-state index contributed by atoms with van der Waals surface area (Å²) in [5.74, 6) is 1.95. The molecule has 2 unspecified atom stereocenters. The van der Waals surface area contributed by atoms with Gasteiger partial charge >= 0.3 is 0 Å². The topological polar surface area (TPSA) is 29.3 Å². The Bertz CT molecular complexity index is 463. The van der Waals surface area contributed by atoms with Crippen LogP contribution in [-0.4, -0.2) is 24.0 Å². The molecule has 3 rings (SSSR count). The molecular formula is C19H30N2. The number of hydrogen-bond donors (Lipinski definition) is 1. The molecule has 0 aromatic heterocycles. The van der Waals surface area contributed by atoms with Crippen LogP contribution in [0.15, 0.2) is 24.3 Å². The fourth-order valence-electron chi connectivity index (χ4n) is 4.18. The third kappa shape index (κ3) is 3.32. The van der Waals surface area contributed by atoms with Crippen LogP contribution >= 0.6 is 0 Å². The quantitative estimate of drug-likeness (QED) is 0.894. The minimum absolute atomic E-state index is 0.233. The highest BCUT2D eigenvalue weighted by Gasteiger charge is 2.43. The van der Waals surface area contributed by atoms with Gasteiger partial charge in [-0.2, -0.15) is 0 Å². The number of rotatable bonds is 5. The van der Waals surface area contributed by atoms with Gasteiger partial charge in [0.15, 0.2) is 0 Å². The van der Waals surface area contributed by atoms with Crippen molar-refractivity contribution in [2.24, 2.45) is 17.6 Å². The van der Waals surface area contributed by atoms with Crippen molar-refractivity contribution < 1.29 is 0 Å². The maximum absolute atomic E-state index is 6.26. The van der Waals surface area contributed by atoms with Crippen LogP contribution < -0.4 is 5.73 Å². The van der Waals surface area contributed by atoms with E-state index in [1.807, 2.05) is 0 Å². The van der Waals surface area contributed by atoms with Crippen LogP contribution in [-0.2, 0) is 6.54 Å². The summed E-state index contributed by atoms with van der Waals surface area (Å²) in [7, 11) is 2.28. The SMILES string of the molecule is Cc1ccc(CN(C)C2(CN)CCCC(C3CC3)C2)cc1. The van der Waals surface area contributed by atoms with Crippen molar-refractivity contribution in [2.75, 3.05) is 13.6 Å². The summed E-state index contributed by atoms with van der Waals surface area (Å²) in [4.78, 5) is 2.55. The molecule has 21 heavy (non-hydrogen) atoms. The highest BCUT2D eigenvalue weighted by atomic mass is 15.2. The van der Waals surface area contributed by atoms with E-state index in [0.29, 0.717) is 0 Å². The molecule has 0 heterocycles. The van der Waals surface area contributed by atoms with Gasteiger partial charge in [-0.25, -0.2) is 0 Å². The molecule has 2 heteroatoms. The summed E-state index contributed by atoms with van der Waals surface area (Å²) in [5.41, 5.74) is 9.23. The second-order valence-electron chi connectivity index (χ2n) is 7.46. The van der Waals surface area contributed by atoms with Crippen molar-refractivity contribution >= 4 is 0 Å². The van der Waals surface area contributed by atoms with Gasteiger partial charge in [-0.3, -0.25) is 4.90 Å². The van der Waals surface area contributed by atoms with Crippen LogP contribution in [0.2, 0.25) is 0 Å². The van der Waals surface area contributed by atoms with Gasteiger partial charge in [0.25, 0.3) is 0 Å². The van der Waals surface area contributed by atoms with Gasteiger partial charge in [0.2, 0.25) is 0 Å². The van der Waals surface area contributed by atoms with Gasteiger partial charge in [-0.05, 0) is 57.1 Å². The van der Waals surface area contributed by atoms with Crippen LogP contribution in [0.25, 0.3) is 0 Å². The second kappa shape index (κ2) is 6.10. The van der Waals surface area contributed by atoms with Crippen molar-refractivity contribution in [3.05, 3.63) is 35.4 Å². The Morgan fingerprint density at radius 1 is 1.14 bits per heavy atom. The zero-order valence-corrected chi connectivity index (χ0v) is 13.6. The first-order valence-corrected chi connectivity index (χ1v) is 8.60. The number of aryl methyl sites for hydroxylation is 1. The van der Waals surface area contributed by atoms with Crippen LogP contribution in [0.3, 0.4) is 0 Å². The maximum Gasteiger partial charge on any atom is 0.0334 e. The second-order valence-corrected chi connectivity index (χ2v) is 7.46. The Morgan fingerprint density at radius 3 is 2.48 bits per heavy atom. The molecule has 1 aromatic carbocycles. The molecule has 2 nitrogen and oxygen atoms in total. The number of benzene rings is 1. The third-order valence-electron chi connectivity index (χ3n) is 5.88. The molecule has 0 bridgehead atoms. The van der Waals surface area contributed by atoms with Crippen molar-refractivity contribution in [3.8, 4) is 0 Å². The summed E-state index contributed by atoms with van der Waals surface area (Å²) in [6.07, 6.45) is 8.31. The molecule has 0 amide bonds. The molecule has 2 aliphatic rings. The summed E-state index contributed by atoms with van der Waals surface area (Å²) in [5, 5.41) is 0. The lowest BCUT2D eigenvalue weighted by Gasteiger charge is -2.47. The summed E-state index contributed by atoms with van der Waals surface area (Å²) in [6.45, 7) is 3.98. The summed E-state index contributed by atoms with van der Waals surface area (Å²) < 4.78 is 0. The van der Waals surface area contributed by atoms with E-state index in [1.54, 1.807) is 0 Å². The van der Waals surface area contributed by atoms with Crippen molar-refractivity contribution in [2.45, 2.75) is 57.5 Å². The third-order valence-corrected chi connectivity index (χ3v) is 5.88. The van der Waals surface area contributed by atoms with Crippen molar-refractivity contribution in [1.29, 1.82) is 0 Å². The van der Waals surface area contributed by atoms with Gasteiger partial charge in [0.1, 0.15) is 0 Å². The number of hydrogen-bond acceptors (Lipinski definition) is 2. The standard InChI is InChI=1S/C19H30N2/c1-15-5-7-16(8-6-15)13-21(2)19(14-20)11-3-4-18(12-19)17-9-10-17/h5-8,17-18H,3-4,9-14,20H2,1-2H3. The van der Waals surface area contributed by atoms with E-state index in [2.05, 4.69) is 43.1 Å². The fraction of sp³-hybridized carbons (Fsp3) is 0.684. The van der Waals surface area contributed by atoms with E-state index in [9.17, 15) is 0 Å². The van der Waals surface area contributed by atoms with E-state index in [0.717, 1.165) is 24.9 Å².